The molecule has 0 radical (unpaired) electrons. The highest BCUT2D eigenvalue weighted by Crippen LogP contribution is 2.29. The number of alkyl halides is 2. The van der Waals surface area contributed by atoms with Gasteiger partial charge in [-0.1, -0.05) is 13.2 Å². The van der Waals surface area contributed by atoms with Gasteiger partial charge in [-0.25, -0.2) is 4.89 Å². The van der Waals surface area contributed by atoms with Crippen LogP contribution >= 0.6 is 0 Å². The van der Waals surface area contributed by atoms with Crippen LogP contribution in [0, 0.1) is 0 Å². The zero-order valence-corrected chi connectivity index (χ0v) is 17.2. The van der Waals surface area contributed by atoms with Gasteiger partial charge in [0.2, 0.25) is 0 Å². The van der Waals surface area contributed by atoms with Crippen LogP contribution in [0.1, 0.15) is 19.8 Å². The fourth-order valence-corrected chi connectivity index (χ4v) is 2.41. The van der Waals surface area contributed by atoms with Crippen molar-refractivity contribution in [2.75, 3.05) is 20.2 Å². The highest BCUT2D eigenvalue weighted by atomic mass is 19.3. The fourth-order valence-electron chi connectivity index (χ4n) is 2.41. The van der Waals surface area contributed by atoms with Gasteiger partial charge >= 0.3 is 6.29 Å². The van der Waals surface area contributed by atoms with E-state index in [1.807, 2.05) is 6.92 Å². The molecule has 2 aliphatic rings. The number of ether oxygens (including phenoxy) is 3. The van der Waals surface area contributed by atoms with Crippen molar-refractivity contribution in [3.8, 4) is 0 Å². The first-order valence-corrected chi connectivity index (χ1v) is 9.33. The van der Waals surface area contributed by atoms with Crippen LogP contribution in [0.15, 0.2) is 48.8 Å². The summed E-state index contributed by atoms with van der Waals surface area (Å²) < 4.78 is 39.0. The molecule has 2 unspecified atom stereocenters. The lowest BCUT2D eigenvalue weighted by Gasteiger charge is -2.31. The van der Waals surface area contributed by atoms with Crippen molar-refractivity contribution in [2.24, 2.45) is 0 Å². The molecular weight excluding hydrogens is 420 g/mol. The van der Waals surface area contributed by atoms with Gasteiger partial charge in [-0.2, -0.15) is 5.06 Å². The second kappa shape index (κ2) is 10.9. The van der Waals surface area contributed by atoms with E-state index in [1.54, 1.807) is 7.05 Å². The SMILES string of the molecule is C=C/C(=C\C1=COC(F)(F)O1)OCC(=O)NC(=C)CCNC(=O)C1CC(C)N(C)OO1. The van der Waals surface area contributed by atoms with E-state index in [2.05, 4.69) is 33.3 Å². The van der Waals surface area contributed by atoms with Crippen LogP contribution in [0.2, 0.25) is 0 Å². The van der Waals surface area contributed by atoms with E-state index in [0.717, 1.165) is 6.08 Å². The van der Waals surface area contributed by atoms with Crippen molar-refractivity contribution < 1.29 is 42.5 Å². The summed E-state index contributed by atoms with van der Waals surface area (Å²) in [5.41, 5.74) is 0.349. The first-order chi connectivity index (χ1) is 14.6. The van der Waals surface area contributed by atoms with E-state index >= 15 is 0 Å². The molecule has 12 heteroatoms. The van der Waals surface area contributed by atoms with Crippen LogP contribution in [0.25, 0.3) is 0 Å². The number of carbonyl (C=O) groups is 2. The summed E-state index contributed by atoms with van der Waals surface area (Å²) in [4.78, 5) is 34.0. The number of rotatable bonds is 10. The van der Waals surface area contributed by atoms with Crippen molar-refractivity contribution in [2.45, 2.75) is 38.2 Å². The molecule has 1 fully saturated rings. The number of nitrogens with zero attached hydrogens (tertiary/aromatic N) is 1. The molecular formula is C19H25F2N3O7. The maximum atomic E-state index is 12.8. The maximum Gasteiger partial charge on any atom is 0.585 e. The lowest BCUT2D eigenvalue weighted by Crippen LogP contribution is -2.47. The minimum Gasteiger partial charge on any atom is -0.484 e. The Balaban J connectivity index is 1.66. The van der Waals surface area contributed by atoms with Crippen molar-refractivity contribution in [3.05, 3.63) is 48.8 Å². The first kappa shape index (κ1) is 24.3. The van der Waals surface area contributed by atoms with Gasteiger partial charge in [0.15, 0.2) is 18.5 Å². The van der Waals surface area contributed by atoms with Gasteiger partial charge in [-0.05, 0) is 13.0 Å². The number of hydrogen-bond donors (Lipinski definition) is 2. The zero-order valence-electron chi connectivity index (χ0n) is 17.2. The number of nitrogens with one attached hydrogen (secondary N) is 2. The summed E-state index contributed by atoms with van der Waals surface area (Å²) in [7, 11) is 1.70. The molecule has 31 heavy (non-hydrogen) atoms. The van der Waals surface area contributed by atoms with E-state index < -0.39 is 24.9 Å². The van der Waals surface area contributed by atoms with Crippen LogP contribution in [0.3, 0.4) is 0 Å². The predicted octanol–water partition coefficient (Wildman–Crippen LogP) is 1.60. The molecule has 2 heterocycles. The van der Waals surface area contributed by atoms with E-state index in [-0.39, 0.29) is 36.4 Å². The molecule has 2 rings (SSSR count). The molecule has 0 bridgehead atoms. The van der Waals surface area contributed by atoms with Crippen LogP contribution in [-0.4, -0.2) is 55.5 Å². The highest BCUT2D eigenvalue weighted by Gasteiger charge is 2.39. The number of halogens is 2. The number of allylic oxidation sites excluding steroid dienone is 2. The van der Waals surface area contributed by atoms with Gasteiger partial charge in [0.1, 0.15) is 12.0 Å². The van der Waals surface area contributed by atoms with E-state index in [9.17, 15) is 18.4 Å². The lowest BCUT2D eigenvalue weighted by molar-refractivity contribution is -0.464. The average molecular weight is 445 g/mol. The second-order valence-corrected chi connectivity index (χ2v) is 6.73. The third-order valence-corrected chi connectivity index (χ3v) is 4.19. The Morgan fingerprint density at radius 2 is 2.19 bits per heavy atom. The number of amides is 2. The summed E-state index contributed by atoms with van der Waals surface area (Å²) in [6.45, 7) is 8.87. The molecule has 10 nitrogen and oxygen atoms in total. The molecule has 172 valence electrons. The van der Waals surface area contributed by atoms with Crippen LogP contribution < -0.4 is 10.6 Å². The monoisotopic (exact) mass is 445 g/mol. The number of hydroxylamine groups is 2. The maximum absolute atomic E-state index is 12.8. The van der Waals surface area contributed by atoms with Crippen molar-refractivity contribution in [1.29, 1.82) is 0 Å². The highest BCUT2D eigenvalue weighted by molar-refractivity contribution is 5.81. The van der Waals surface area contributed by atoms with Crippen LogP contribution in [0.5, 0.6) is 0 Å². The third-order valence-electron chi connectivity index (χ3n) is 4.19. The van der Waals surface area contributed by atoms with Crippen LogP contribution in [0.4, 0.5) is 8.78 Å². The van der Waals surface area contributed by atoms with E-state index in [4.69, 9.17) is 14.6 Å². The van der Waals surface area contributed by atoms with Gasteiger partial charge in [0, 0.05) is 44.2 Å². The Kier molecular flexibility index (Phi) is 8.54. The normalized spacial score (nSPS) is 23.1. The van der Waals surface area contributed by atoms with Gasteiger partial charge in [-0.15, -0.1) is 13.8 Å². The van der Waals surface area contributed by atoms with Crippen molar-refractivity contribution >= 4 is 11.8 Å². The average Bonchev–Trinajstić information content (AvgIpc) is 3.05. The molecule has 0 spiro atoms. The molecule has 0 aromatic heterocycles. The zero-order chi connectivity index (χ0) is 23.0. The van der Waals surface area contributed by atoms with E-state index in [0.29, 0.717) is 18.4 Å². The van der Waals surface area contributed by atoms with Gasteiger partial charge in [0.25, 0.3) is 11.8 Å². The number of carbonyl (C=O) groups excluding carboxylic acids is 2. The van der Waals surface area contributed by atoms with Crippen molar-refractivity contribution in [1.82, 2.24) is 15.7 Å². The smallest absolute Gasteiger partial charge is 0.484 e. The molecule has 2 aliphatic heterocycles. The Bertz CT molecular complexity index is 770. The quantitative estimate of drug-likeness (QED) is 0.297. The fraction of sp³-hybridized carbons (Fsp3) is 0.474. The van der Waals surface area contributed by atoms with E-state index in [1.165, 1.54) is 11.1 Å². The molecule has 2 N–H and O–H groups in total. The summed E-state index contributed by atoms with van der Waals surface area (Å²) in [5.74, 6) is -1.13. The number of hydrogen-bond acceptors (Lipinski definition) is 8. The summed E-state index contributed by atoms with van der Waals surface area (Å²) in [5, 5.41) is 6.70. The Labute approximate surface area is 178 Å². The lowest BCUT2D eigenvalue weighted by atomic mass is 10.1. The topological polar surface area (TPSA) is 108 Å². The Morgan fingerprint density at radius 3 is 2.81 bits per heavy atom. The largest absolute Gasteiger partial charge is 0.585 e. The molecule has 0 aromatic rings. The minimum absolute atomic E-state index is 0.0220. The van der Waals surface area contributed by atoms with Crippen LogP contribution in [-0.2, 0) is 33.7 Å². The van der Waals surface area contributed by atoms with Gasteiger partial charge in [-0.3, -0.25) is 9.59 Å². The third kappa shape index (κ3) is 8.00. The Morgan fingerprint density at radius 1 is 1.45 bits per heavy atom. The second-order valence-electron chi connectivity index (χ2n) is 6.73. The van der Waals surface area contributed by atoms with Crippen molar-refractivity contribution in [3.63, 3.8) is 0 Å². The standard InChI is InChI=1S/C19H25F2N3O7/c1-5-14(9-15-10-28-19(20,21)29-15)27-11-17(25)23-12(2)6-7-22-18(26)16-8-13(3)24(4)31-30-16/h5,9-10,13,16H,1-2,6-8,11H2,3-4H3,(H,22,26)(H,23,25)/b14-9+. The predicted molar refractivity (Wildman–Crippen MR) is 102 cm³/mol. The summed E-state index contributed by atoms with van der Waals surface area (Å²) in [6, 6.07) is 0.0220. The molecule has 0 saturated carbocycles. The molecule has 2 atom stereocenters. The van der Waals surface area contributed by atoms with Gasteiger partial charge < -0.3 is 24.8 Å². The summed E-state index contributed by atoms with van der Waals surface area (Å²) >= 11 is 0. The molecule has 2 amide bonds. The Hall–Kier alpha value is -2.96. The minimum atomic E-state index is -3.74. The summed E-state index contributed by atoms with van der Waals surface area (Å²) in [6.07, 6.45) is -0.689. The molecule has 0 aromatic carbocycles. The molecule has 1 saturated heterocycles. The first-order valence-electron chi connectivity index (χ1n) is 9.33. The molecule has 0 aliphatic carbocycles. The van der Waals surface area contributed by atoms with Gasteiger partial charge in [0.05, 0.1) is 0 Å².